The number of fused-ring (bicyclic) bond motifs is 3. The van der Waals surface area contributed by atoms with Gasteiger partial charge in [0.05, 0.1) is 0 Å². The first-order valence-electron chi connectivity index (χ1n) is 3.95. The Morgan fingerprint density at radius 3 is 2.15 bits per heavy atom. The molecule has 3 fully saturated rings. The Labute approximate surface area is 75.5 Å². The first kappa shape index (κ1) is 9.30. The summed E-state index contributed by atoms with van der Waals surface area (Å²) in [5.41, 5.74) is 3.96. The van der Waals surface area contributed by atoms with Crippen LogP contribution < -0.4 is 5.73 Å². The summed E-state index contributed by atoms with van der Waals surface area (Å²) in [6.45, 7) is 0.798. The Balaban J connectivity index is 2.16. The summed E-state index contributed by atoms with van der Waals surface area (Å²) in [4.78, 5) is 11.0. The zero-order valence-corrected chi connectivity index (χ0v) is 7.99. The van der Waals surface area contributed by atoms with Crippen molar-refractivity contribution in [3.05, 3.63) is 0 Å². The van der Waals surface area contributed by atoms with E-state index in [1.165, 1.54) is 0 Å². The van der Waals surface area contributed by atoms with Gasteiger partial charge in [-0.25, -0.2) is 0 Å². The monoisotopic (exact) mass is 209 g/mol. The molecule has 2 bridgehead atoms. The van der Waals surface area contributed by atoms with Crippen LogP contribution in [-0.4, -0.2) is 37.2 Å². The van der Waals surface area contributed by atoms with Crippen molar-refractivity contribution in [1.82, 2.24) is 0 Å². The number of carbonyl (C=O) groups excluding carboxylic acids is 1. The van der Waals surface area contributed by atoms with Gasteiger partial charge in [0, 0.05) is 0 Å². The Hall–Kier alpha value is -0.260. The van der Waals surface area contributed by atoms with Gasteiger partial charge in [-0.1, -0.05) is 0 Å². The van der Waals surface area contributed by atoms with E-state index < -0.39 is 19.0 Å². The van der Waals surface area contributed by atoms with Crippen LogP contribution in [-0.2, 0) is 13.6 Å². The van der Waals surface area contributed by atoms with Gasteiger partial charge in [-0.2, -0.15) is 0 Å². The third-order valence-corrected chi connectivity index (χ3v) is 4.52. The van der Waals surface area contributed by atoms with E-state index in [1.54, 1.807) is 0 Å². The zero-order chi connectivity index (χ0) is 9.53. The molecular formula is C6H12NO5P. The molecule has 0 aromatic carbocycles. The number of primary amides is 1. The van der Waals surface area contributed by atoms with Gasteiger partial charge in [0.2, 0.25) is 0 Å². The standard InChI is InChI=1S/C6H12NO5P/c7-5(9)13-10-2-6(1-8,3-11-13)4-12-13/h8,13H,1-4H2,(H2,7,9). The third kappa shape index (κ3) is 1.26. The number of amides is 1. The number of hydrogen-bond acceptors (Lipinski definition) is 5. The number of carbonyl (C=O) groups is 1. The van der Waals surface area contributed by atoms with Crippen molar-refractivity contribution in [2.24, 2.45) is 11.1 Å². The molecule has 3 aliphatic heterocycles. The third-order valence-electron chi connectivity index (χ3n) is 2.34. The normalized spacial score (nSPS) is 38.5. The zero-order valence-electron chi connectivity index (χ0n) is 6.99. The van der Waals surface area contributed by atoms with E-state index in [1.807, 2.05) is 0 Å². The Morgan fingerprint density at radius 1 is 1.38 bits per heavy atom. The Bertz CT molecular complexity index is 221. The number of aliphatic hydroxyl groups excluding tert-OH is 1. The van der Waals surface area contributed by atoms with E-state index in [0.29, 0.717) is 19.8 Å². The molecule has 3 rings (SSSR count). The van der Waals surface area contributed by atoms with Crippen LogP contribution in [0.1, 0.15) is 0 Å². The molecule has 0 aliphatic carbocycles. The van der Waals surface area contributed by atoms with Gasteiger partial charge in [-0.15, -0.1) is 0 Å². The van der Waals surface area contributed by atoms with Gasteiger partial charge in [0.15, 0.2) is 0 Å². The van der Waals surface area contributed by atoms with Crippen molar-refractivity contribution in [3.8, 4) is 0 Å². The summed E-state index contributed by atoms with van der Waals surface area (Å²) in [5, 5.41) is 9.05. The minimum atomic E-state index is -3.20. The van der Waals surface area contributed by atoms with Crippen LogP contribution in [0.25, 0.3) is 0 Å². The summed E-state index contributed by atoms with van der Waals surface area (Å²) in [6, 6.07) is 0. The summed E-state index contributed by atoms with van der Waals surface area (Å²) < 4.78 is 15.5. The van der Waals surface area contributed by atoms with Crippen LogP contribution >= 0.6 is 7.94 Å². The fourth-order valence-electron chi connectivity index (χ4n) is 1.34. The molecule has 1 amide bonds. The average Bonchev–Trinajstić information content (AvgIpc) is 2.20. The van der Waals surface area contributed by atoms with Crippen molar-refractivity contribution in [2.75, 3.05) is 26.4 Å². The maximum atomic E-state index is 11.0. The van der Waals surface area contributed by atoms with Crippen LogP contribution in [0.15, 0.2) is 0 Å². The fourth-order valence-corrected chi connectivity index (χ4v) is 3.51. The van der Waals surface area contributed by atoms with Crippen molar-refractivity contribution in [1.29, 1.82) is 0 Å². The quantitative estimate of drug-likeness (QED) is 0.604. The fraction of sp³-hybridized carbons (Fsp3) is 0.833. The number of hydrogen-bond donors (Lipinski definition) is 2. The van der Waals surface area contributed by atoms with Crippen LogP contribution in [0, 0.1) is 5.41 Å². The van der Waals surface area contributed by atoms with Gasteiger partial charge in [0.1, 0.15) is 0 Å². The molecule has 3 saturated heterocycles. The van der Waals surface area contributed by atoms with Crippen molar-refractivity contribution >= 4 is 13.6 Å². The second-order valence-electron chi connectivity index (χ2n) is 3.44. The van der Waals surface area contributed by atoms with E-state index in [4.69, 9.17) is 24.4 Å². The topological polar surface area (TPSA) is 91.0 Å². The first-order chi connectivity index (χ1) is 6.13. The molecule has 0 saturated carbocycles. The summed E-state index contributed by atoms with van der Waals surface area (Å²) in [7, 11) is -3.20. The molecule has 0 radical (unpaired) electrons. The van der Waals surface area contributed by atoms with Crippen LogP contribution in [0.3, 0.4) is 0 Å². The van der Waals surface area contributed by atoms with Gasteiger partial charge in [-0.05, 0) is 0 Å². The average molecular weight is 209 g/mol. The summed E-state index contributed by atoms with van der Waals surface area (Å²) in [5.74, 6) is 0. The van der Waals surface area contributed by atoms with E-state index >= 15 is 0 Å². The second kappa shape index (κ2) is 2.87. The molecule has 0 atom stereocenters. The van der Waals surface area contributed by atoms with Gasteiger partial charge >= 0.3 is 74.6 Å². The van der Waals surface area contributed by atoms with Crippen molar-refractivity contribution < 1.29 is 23.5 Å². The summed E-state index contributed by atoms with van der Waals surface area (Å²) in [6.07, 6.45) is 0. The number of rotatable bonds is 2. The molecular weight excluding hydrogens is 197 g/mol. The molecule has 7 heteroatoms. The summed E-state index contributed by atoms with van der Waals surface area (Å²) >= 11 is 0. The Kier molecular flexibility index (Phi) is 2.05. The first-order valence-corrected chi connectivity index (χ1v) is 5.68. The predicted molar refractivity (Wildman–Crippen MR) is 45.3 cm³/mol. The molecule has 6 nitrogen and oxygen atoms in total. The van der Waals surface area contributed by atoms with Crippen LogP contribution in [0.5, 0.6) is 0 Å². The SMILES string of the molecule is NC(=O)[PH]12OCC(CO)(CO1)CO2. The van der Waals surface area contributed by atoms with Crippen molar-refractivity contribution in [3.63, 3.8) is 0 Å². The van der Waals surface area contributed by atoms with Gasteiger partial charge in [0.25, 0.3) is 0 Å². The molecule has 76 valence electrons. The minimum absolute atomic E-state index is 0.0732. The molecule has 3 heterocycles. The molecule has 13 heavy (non-hydrogen) atoms. The van der Waals surface area contributed by atoms with Gasteiger partial charge in [-0.3, -0.25) is 0 Å². The van der Waals surface area contributed by atoms with Crippen molar-refractivity contribution in [2.45, 2.75) is 0 Å². The molecule has 0 spiro atoms. The molecule has 0 aromatic rings. The van der Waals surface area contributed by atoms with Crippen LogP contribution in [0.2, 0.25) is 0 Å². The maximum absolute atomic E-state index is 11.0. The van der Waals surface area contributed by atoms with E-state index in [-0.39, 0.29) is 6.61 Å². The molecule has 3 N–H and O–H groups in total. The number of aliphatic hydroxyl groups is 1. The molecule has 0 aromatic heterocycles. The number of nitrogens with two attached hydrogens (primary N) is 1. The van der Waals surface area contributed by atoms with E-state index in [9.17, 15) is 4.79 Å². The Morgan fingerprint density at radius 2 is 1.85 bits per heavy atom. The van der Waals surface area contributed by atoms with E-state index in [0.717, 1.165) is 0 Å². The molecule has 0 unspecified atom stereocenters. The van der Waals surface area contributed by atoms with E-state index in [2.05, 4.69) is 0 Å². The van der Waals surface area contributed by atoms with Crippen LogP contribution in [0.4, 0.5) is 4.79 Å². The predicted octanol–water partition coefficient (Wildman–Crippen LogP) is -0.384. The second-order valence-corrected chi connectivity index (χ2v) is 5.92. The van der Waals surface area contributed by atoms with Gasteiger partial charge < -0.3 is 0 Å². The molecule has 3 aliphatic rings.